The fraction of sp³-hybridized carbons (Fsp3) is 0.600. The van der Waals surface area contributed by atoms with Gasteiger partial charge in [0.15, 0.2) is 0 Å². The van der Waals surface area contributed by atoms with Crippen LogP contribution in [0.2, 0.25) is 0 Å². The molecule has 1 saturated heterocycles. The van der Waals surface area contributed by atoms with E-state index in [2.05, 4.69) is 49.9 Å². The second-order valence-electron chi connectivity index (χ2n) is 10.2. The normalized spacial score (nSPS) is 25.5. The van der Waals surface area contributed by atoms with Gasteiger partial charge in [-0.05, 0) is 73.7 Å². The van der Waals surface area contributed by atoms with Gasteiger partial charge in [-0.25, -0.2) is 4.98 Å². The van der Waals surface area contributed by atoms with Crippen LogP contribution in [0, 0.1) is 17.3 Å². The minimum Gasteiger partial charge on any atom is -0.481 e. The van der Waals surface area contributed by atoms with Crippen molar-refractivity contribution < 1.29 is 14.6 Å². The van der Waals surface area contributed by atoms with Gasteiger partial charge in [-0.3, -0.25) is 9.69 Å². The molecular formula is C25H34N2O3. The zero-order valence-electron chi connectivity index (χ0n) is 18.4. The maximum atomic E-state index is 11.2. The van der Waals surface area contributed by atoms with Gasteiger partial charge in [0.25, 0.3) is 0 Å². The van der Waals surface area contributed by atoms with Crippen molar-refractivity contribution in [1.82, 2.24) is 9.88 Å². The molecule has 0 amide bonds. The first-order valence-electron chi connectivity index (χ1n) is 11.3. The molecule has 1 aromatic carbocycles. The Labute approximate surface area is 179 Å². The molecule has 1 aromatic heterocycles. The largest absolute Gasteiger partial charge is 0.481 e. The molecule has 2 fully saturated rings. The van der Waals surface area contributed by atoms with Crippen molar-refractivity contribution in [2.75, 3.05) is 13.1 Å². The van der Waals surface area contributed by atoms with Crippen molar-refractivity contribution in [3.05, 3.63) is 35.9 Å². The predicted molar refractivity (Wildman–Crippen MR) is 119 cm³/mol. The smallest absolute Gasteiger partial charge is 0.307 e. The Morgan fingerprint density at radius 2 is 1.90 bits per heavy atom. The molecule has 1 aliphatic heterocycles. The van der Waals surface area contributed by atoms with Crippen LogP contribution in [-0.2, 0) is 11.3 Å². The SMILES string of the molecule is CC(C)(C)[C@H]1CC[C@H](Oc2ccc3cc(CN4CCC(C(=O)O)C4)ccc3n2)CC1. The van der Waals surface area contributed by atoms with Crippen molar-refractivity contribution in [3.63, 3.8) is 0 Å². The van der Waals surface area contributed by atoms with Crippen molar-refractivity contribution in [2.45, 2.75) is 65.5 Å². The molecule has 1 aliphatic carbocycles. The van der Waals surface area contributed by atoms with E-state index in [1.165, 1.54) is 18.4 Å². The minimum absolute atomic E-state index is 0.231. The van der Waals surface area contributed by atoms with Crippen LogP contribution in [0.15, 0.2) is 30.3 Å². The molecule has 1 atom stereocenters. The number of nitrogens with zero attached hydrogens (tertiary/aromatic N) is 2. The van der Waals surface area contributed by atoms with E-state index in [1.54, 1.807) is 0 Å². The summed E-state index contributed by atoms with van der Waals surface area (Å²) in [4.78, 5) is 18.1. The Balaban J connectivity index is 1.36. The van der Waals surface area contributed by atoms with Crippen LogP contribution in [0.4, 0.5) is 0 Å². The van der Waals surface area contributed by atoms with E-state index >= 15 is 0 Å². The second-order valence-corrected chi connectivity index (χ2v) is 10.2. The van der Waals surface area contributed by atoms with Gasteiger partial charge in [0.2, 0.25) is 5.88 Å². The van der Waals surface area contributed by atoms with E-state index in [9.17, 15) is 9.90 Å². The summed E-state index contributed by atoms with van der Waals surface area (Å²) in [5, 5.41) is 10.3. The molecule has 2 aliphatic rings. The van der Waals surface area contributed by atoms with Gasteiger partial charge < -0.3 is 9.84 Å². The van der Waals surface area contributed by atoms with Gasteiger partial charge in [-0.15, -0.1) is 0 Å². The summed E-state index contributed by atoms with van der Waals surface area (Å²) in [7, 11) is 0. The molecule has 2 aromatic rings. The maximum Gasteiger partial charge on any atom is 0.307 e. The van der Waals surface area contributed by atoms with Crippen molar-refractivity contribution in [3.8, 4) is 5.88 Å². The minimum atomic E-state index is -0.681. The third kappa shape index (κ3) is 4.94. The van der Waals surface area contributed by atoms with E-state index < -0.39 is 5.97 Å². The van der Waals surface area contributed by atoms with Crippen molar-refractivity contribution in [1.29, 1.82) is 0 Å². The Kier molecular flexibility index (Phi) is 6.01. The summed E-state index contributed by atoms with van der Waals surface area (Å²) in [6, 6.07) is 10.4. The van der Waals surface area contributed by atoms with Gasteiger partial charge in [0, 0.05) is 24.5 Å². The topological polar surface area (TPSA) is 62.7 Å². The molecule has 1 unspecified atom stereocenters. The summed E-state index contributed by atoms with van der Waals surface area (Å²) in [5.74, 6) is 0.588. The number of hydrogen-bond donors (Lipinski definition) is 1. The van der Waals surface area contributed by atoms with Gasteiger partial charge in [-0.1, -0.05) is 26.8 Å². The molecule has 5 heteroatoms. The highest BCUT2D eigenvalue weighted by molar-refractivity contribution is 5.79. The molecule has 0 spiro atoms. The van der Waals surface area contributed by atoms with Gasteiger partial charge in [-0.2, -0.15) is 0 Å². The summed E-state index contributed by atoms with van der Waals surface area (Å²) in [6.45, 7) is 9.28. The van der Waals surface area contributed by atoms with E-state index in [1.807, 2.05) is 6.07 Å². The molecule has 1 N–H and O–H groups in total. The quantitative estimate of drug-likeness (QED) is 0.741. The molecule has 0 bridgehead atoms. The lowest BCUT2D eigenvalue weighted by Gasteiger charge is -2.36. The van der Waals surface area contributed by atoms with Gasteiger partial charge >= 0.3 is 5.97 Å². The molecule has 30 heavy (non-hydrogen) atoms. The molecule has 2 heterocycles. The first-order valence-corrected chi connectivity index (χ1v) is 11.3. The van der Waals surface area contributed by atoms with Crippen LogP contribution in [0.1, 0.15) is 58.4 Å². The lowest BCUT2D eigenvalue weighted by Crippen LogP contribution is -2.30. The number of aromatic nitrogens is 1. The van der Waals surface area contributed by atoms with E-state index in [4.69, 9.17) is 9.72 Å². The number of carboxylic acid groups (broad SMARTS) is 1. The average molecular weight is 411 g/mol. The first kappa shape index (κ1) is 21.1. The average Bonchev–Trinajstić information content (AvgIpc) is 3.17. The number of aliphatic carboxylic acids is 1. The molecule has 0 radical (unpaired) electrons. The fourth-order valence-electron chi connectivity index (χ4n) is 4.97. The summed E-state index contributed by atoms with van der Waals surface area (Å²) in [5.41, 5.74) is 2.53. The van der Waals surface area contributed by atoms with Gasteiger partial charge in [0.1, 0.15) is 6.10 Å². The maximum absolute atomic E-state index is 11.2. The number of rotatable bonds is 5. The highest BCUT2D eigenvalue weighted by Gasteiger charge is 2.30. The fourth-order valence-corrected chi connectivity index (χ4v) is 4.97. The number of ether oxygens (including phenoxy) is 1. The van der Waals surface area contributed by atoms with Crippen LogP contribution in [0.5, 0.6) is 5.88 Å². The Morgan fingerprint density at radius 3 is 2.57 bits per heavy atom. The number of hydrogen-bond acceptors (Lipinski definition) is 4. The summed E-state index contributed by atoms with van der Waals surface area (Å²) in [6.07, 6.45) is 5.67. The number of carboxylic acids is 1. The highest BCUT2D eigenvalue weighted by atomic mass is 16.5. The zero-order valence-corrected chi connectivity index (χ0v) is 18.4. The lowest BCUT2D eigenvalue weighted by atomic mass is 9.72. The molecular weight excluding hydrogens is 376 g/mol. The Bertz CT molecular complexity index is 897. The van der Waals surface area contributed by atoms with Crippen molar-refractivity contribution >= 4 is 16.9 Å². The molecule has 162 valence electrons. The van der Waals surface area contributed by atoms with Gasteiger partial charge in [0.05, 0.1) is 11.4 Å². The number of likely N-dealkylation sites (tertiary alicyclic amines) is 1. The first-order chi connectivity index (χ1) is 14.3. The van der Waals surface area contributed by atoms with Crippen LogP contribution in [0.25, 0.3) is 10.9 Å². The Morgan fingerprint density at radius 1 is 1.13 bits per heavy atom. The number of pyridine rings is 1. The summed E-state index contributed by atoms with van der Waals surface area (Å²) < 4.78 is 6.22. The monoisotopic (exact) mass is 410 g/mol. The molecule has 4 rings (SSSR count). The number of carbonyl (C=O) groups is 1. The van der Waals surface area contributed by atoms with E-state index in [0.29, 0.717) is 12.0 Å². The molecule has 5 nitrogen and oxygen atoms in total. The zero-order chi connectivity index (χ0) is 21.3. The van der Waals surface area contributed by atoms with Crippen LogP contribution < -0.4 is 4.74 Å². The van der Waals surface area contributed by atoms with Crippen molar-refractivity contribution in [2.24, 2.45) is 17.3 Å². The van der Waals surface area contributed by atoms with E-state index in [-0.39, 0.29) is 12.0 Å². The van der Waals surface area contributed by atoms with Crippen LogP contribution in [-0.4, -0.2) is 40.2 Å². The third-order valence-electron chi connectivity index (χ3n) is 6.94. The number of benzene rings is 1. The summed E-state index contributed by atoms with van der Waals surface area (Å²) >= 11 is 0. The van der Waals surface area contributed by atoms with E-state index in [0.717, 1.165) is 55.1 Å². The number of fused-ring (bicyclic) bond motifs is 1. The standard InChI is InChI=1S/C25H34N2O3/c1-25(2,3)20-6-8-21(9-7-20)30-23-11-5-18-14-17(4-10-22(18)26-23)15-27-13-12-19(16-27)24(28)29/h4-5,10-11,14,19-21H,6-9,12-13,15-16H2,1-3H3,(H,28,29)/t19?,20-,21-. The van der Waals surface area contributed by atoms with Crippen LogP contribution >= 0.6 is 0 Å². The highest BCUT2D eigenvalue weighted by Crippen LogP contribution is 2.38. The second kappa shape index (κ2) is 8.54. The third-order valence-corrected chi connectivity index (χ3v) is 6.94. The predicted octanol–water partition coefficient (Wildman–Crippen LogP) is 5.13. The molecule has 1 saturated carbocycles. The Hall–Kier alpha value is -2.14. The lowest BCUT2D eigenvalue weighted by molar-refractivity contribution is -0.141. The van der Waals surface area contributed by atoms with Crippen LogP contribution in [0.3, 0.4) is 0 Å².